The molecule has 6 nitrogen and oxygen atoms in total. The molecule has 2 rings (SSSR count). The summed E-state index contributed by atoms with van der Waals surface area (Å²) in [6.45, 7) is 6.65. The molecule has 0 saturated heterocycles. The maximum absolute atomic E-state index is 12.5. The largest absolute Gasteiger partial charge is 0.444 e. The fourth-order valence-electron chi connectivity index (χ4n) is 2.74. The van der Waals surface area contributed by atoms with Crippen LogP contribution in [0.15, 0.2) is 53.0 Å². The smallest absolute Gasteiger partial charge is 0.408 e. The van der Waals surface area contributed by atoms with Gasteiger partial charge in [0, 0.05) is 9.50 Å². The average Bonchev–Trinajstić information content (AvgIpc) is 2.65. The summed E-state index contributed by atoms with van der Waals surface area (Å²) in [6.07, 6.45) is -0.689. The molecule has 30 heavy (non-hydrogen) atoms. The molecule has 2 amide bonds. The Morgan fingerprint density at radius 3 is 2.07 bits per heavy atom. The number of halogens is 2. The second kappa shape index (κ2) is 9.81. The summed E-state index contributed by atoms with van der Waals surface area (Å²) < 4.78 is 6.03. The predicted octanol–water partition coefficient (Wildman–Crippen LogP) is 4.37. The van der Waals surface area contributed by atoms with Crippen LogP contribution in [-0.2, 0) is 15.1 Å². The van der Waals surface area contributed by atoms with Gasteiger partial charge in [0.05, 0.1) is 6.54 Å². The Labute approximate surface area is 190 Å². The second-order valence-electron chi connectivity index (χ2n) is 7.96. The van der Waals surface area contributed by atoms with Gasteiger partial charge in [-0.2, -0.15) is 0 Å². The monoisotopic (exact) mass is 496 g/mol. The number of benzene rings is 2. The molecule has 0 aliphatic rings. The Morgan fingerprint density at radius 2 is 1.57 bits per heavy atom. The number of nitrogens with one attached hydrogen (secondary N) is 2. The van der Waals surface area contributed by atoms with E-state index in [1.807, 2.05) is 12.1 Å². The van der Waals surface area contributed by atoms with Crippen molar-refractivity contribution in [2.45, 2.75) is 44.9 Å². The van der Waals surface area contributed by atoms with Gasteiger partial charge < -0.3 is 20.5 Å². The summed E-state index contributed by atoms with van der Waals surface area (Å²) in [5.74, 6) is -0.453. The van der Waals surface area contributed by atoms with E-state index in [-0.39, 0.29) is 6.54 Å². The van der Waals surface area contributed by atoms with E-state index < -0.39 is 29.2 Å². The zero-order valence-corrected chi connectivity index (χ0v) is 19.7. The van der Waals surface area contributed by atoms with Crippen molar-refractivity contribution in [1.29, 1.82) is 0 Å². The van der Waals surface area contributed by atoms with E-state index in [2.05, 4.69) is 26.6 Å². The van der Waals surface area contributed by atoms with E-state index >= 15 is 0 Å². The lowest BCUT2D eigenvalue weighted by Gasteiger charge is -2.30. The summed E-state index contributed by atoms with van der Waals surface area (Å²) in [7, 11) is 0. The molecule has 2 atom stereocenters. The quantitative estimate of drug-likeness (QED) is 0.553. The molecule has 0 heterocycles. The Kier molecular flexibility index (Phi) is 7.91. The van der Waals surface area contributed by atoms with Crippen LogP contribution in [0.1, 0.15) is 38.8 Å². The minimum absolute atomic E-state index is 0.102. The van der Waals surface area contributed by atoms with Gasteiger partial charge in [0.15, 0.2) is 0 Å². The van der Waals surface area contributed by atoms with Crippen LogP contribution in [0.5, 0.6) is 0 Å². The summed E-state index contributed by atoms with van der Waals surface area (Å²) in [5, 5.41) is 17.3. The SMILES string of the molecule is C[C@H](NC(=O)OC(C)(C)C)C(=O)NCC(O)(c1ccc(Cl)cc1)c1ccc(Br)cc1. The molecular weight excluding hydrogens is 472 g/mol. The Balaban J connectivity index is 2.16. The fraction of sp³-hybridized carbons (Fsp3) is 0.364. The van der Waals surface area contributed by atoms with Crippen molar-refractivity contribution in [3.8, 4) is 0 Å². The number of alkyl carbamates (subject to hydrolysis) is 1. The van der Waals surface area contributed by atoms with Crippen LogP contribution in [0, 0.1) is 0 Å². The van der Waals surface area contributed by atoms with Gasteiger partial charge in [-0.1, -0.05) is 51.8 Å². The van der Waals surface area contributed by atoms with E-state index in [0.717, 1.165) is 4.47 Å². The minimum Gasteiger partial charge on any atom is -0.444 e. The molecule has 1 unspecified atom stereocenters. The lowest BCUT2D eigenvalue weighted by molar-refractivity contribution is -0.123. The number of aliphatic hydroxyl groups is 1. The Bertz CT molecular complexity index is 834. The van der Waals surface area contributed by atoms with Gasteiger partial charge in [-0.3, -0.25) is 4.79 Å². The highest BCUT2D eigenvalue weighted by atomic mass is 79.9. The zero-order chi connectivity index (χ0) is 22.5. The first-order valence-corrected chi connectivity index (χ1v) is 10.6. The third kappa shape index (κ3) is 6.72. The van der Waals surface area contributed by atoms with Crippen molar-refractivity contribution < 1.29 is 19.4 Å². The molecular formula is C22H26BrClN2O4. The van der Waals surface area contributed by atoms with Gasteiger partial charge in [0.25, 0.3) is 0 Å². The van der Waals surface area contributed by atoms with Gasteiger partial charge in [-0.05, 0) is 63.1 Å². The molecule has 162 valence electrons. The lowest BCUT2D eigenvalue weighted by atomic mass is 9.86. The first kappa shape index (κ1) is 24.2. The average molecular weight is 498 g/mol. The summed E-state index contributed by atoms with van der Waals surface area (Å²) in [6, 6.07) is 13.1. The summed E-state index contributed by atoms with van der Waals surface area (Å²) in [5.41, 5.74) is -0.994. The highest BCUT2D eigenvalue weighted by Gasteiger charge is 2.33. The number of hydrogen-bond donors (Lipinski definition) is 3. The van der Waals surface area contributed by atoms with Crippen molar-refractivity contribution in [3.05, 3.63) is 69.2 Å². The molecule has 0 bridgehead atoms. The molecule has 0 saturated carbocycles. The van der Waals surface area contributed by atoms with Crippen molar-refractivity contribution >= 4 is 39.5 Å². The Hall–Kier alpha value is -2.09. The first-order valence-electron chi connectivity index (χ1n) is 9.42. The second-order valence-corrected chi connectivity index (χ2v) is 9.31. The van der Waals surface area contributed by atoms with Crippen molar-refractivity contribution in [3.63, 3.8) is 0 Å². The van der Waals surface area contributed by atoms with Crippen LogP contribution in [-0.4, -0.2) is 35.3 Å². The van der Waals surface area contributed by atoms with E-state index in [1.54, 1.807) is 64.1 Å². The van der Waals surface area contributed by atoms with Gasteiger partial charge in [0.2, 0.25) is 5.91 Å². The predicted molar refractivity (Wildman–Crippen MR) is 120 cm³/mol. The lowest BCUT2D eigenvalue weighted by Crippen LogP contribution is -2.50. The maximum atomic E-state index is 12.5. The number of hydrogen-bond acceptors (Lipinski definition) is 4. The van der Waals surface area contributed by atoms with Crippen LogP contribution in [0.2, 0.25) is 5.02 Å². The molecule has 8 heteroatoms. The Morgan fingerprint density at radius 1 is 1.07 bits per heavy atom. The van der Waals surface area contributed by atoms with Crippen molar-refractivity contribution in [1.82, 2.24) is 10.6 Å². The van der Waals surface area contributed by atoms with E-state index in [4.69, 9.17) is 16.3 Å². The zero-order valence-electron chi connectivity index (χ0n) is 17.3. The van der Waals surface area contributed by atoms with Crippen LogP contribution < -0.4 is 10.6 Å². The van der Waals surface area contributed by atoms with Crippen LogP contribution >= 0.6 is 27.5 Å². The summed E-state index contributed by atoms with van der Waals surface area (Å²) >= 11 is 9.36. The minimum atomic E-state index is -1.49. The molecule has 0 aliphatic heterocycles. The van der Waals surface area contributed by atoms with Crippen LogP contribution in [0.25, 0.3) is 0 Å². The normalized spacial score (nSPS) is 14.4. The molecule has 0 radical (unpaired) electrons. The first-order chi connectivity index (χ1) is 13.9. The molecule has 0 spiro atoms. The third-order valence-corrected chi connectivity index (χ3v) is 5.07. The van der Waals surface area contributed by atoms with Gasteiger partial charge in [-0.25, -0.2) is 4.79 Å². The van der Waals surface area contributed by atoms with Gasteiger partial charge in [0.1, 0.15) is 17.2 Å². The van der Waals surface area contributed by atoms with Crippen LogP contribution in [0.4, 0.5) is 4.79 Å². The highest BCUT2D eigenvalue weighted by molar-refractivity contribution is 9.10. The van der Waals surface area contributed by atoms with Crippen molar-refractivity contribution in [2.24, 2.45) is 0 Å². The van der Waals surface area contributed by atoms with Crippen LogP contribution in [0.3, 0.4) is 0 Å². The molecule has 2 aromatic carbocycles. The van der Waals surface area contributed by atoms with Gasteiger partial charge in [-0.15, -0.1) is 0 Å². The molecule has 3 N–H and O–H groups in total. The standard InChI is InChI=1S/C22H26BrClN2O4/c1-14(26-20(28)30-21(2,3)4)19(27)25-13-22(29,15-5-9-17(23)10-6-15)16-7-11-18(24)12-8-16/h5-12,14,29H,13H2,1-4H3,(H,25,27)(H,26,28)/t14-,22?/m0/s1. The number of rotatable bonds is 6. The maximum Gasteiger partial charge on any atom is 0.408 e. The number of amides is 2. The molecule has 2 aromatic rings. The number of carbonyl (C=O) groups is 2. The van der Waals surface area contributed by atoms with Gasteiger partial charge >= 0.3 is 6.09 Å². The third-order valence-electron chi connectivity index (χ3n) is 4.29. The topological polar surface area (TPSA) is 87.7 Å². The number of carbonyl (C=O) groups excluding carboxylic acids is 2. The fourth-order valence-corrected chi connectivity index (χ4v) is 3.13. The van der Waals surface area contributed by atoms with E-state index in [0.29, 0.717) is 16.1 Å². The number of ether oxygens (including phenoxy) is 1. The van der Waals surface area contributed by atoms with E-state index in [9.17, 15) is 14.7 Å². The molecule has 0 aromatic heterocycles. The highest BCUT2D eigenvalue weighted by Crippen LogP contribution is 2.31. The molecule has 0 aliphatic carbocycles. The van der Waals surface area contributed by atoms with Crippen molar-refractivity contribution in [2.75, 3.05) is 6.54 Å². The summed E-state index contributed by atoms with van der Waals surface area (Å²) in [4.78, 5) is 24.4. The molecule has 0 fully saturated rings. The van der Waals surface area contributed by atoms with E-state index in [1.165, 1.54) is 0 Å².